The molecule has 1 amide bonds. The van der Waals surface area contributed by atoms with Crippen LogP contribution in [0.1, 0.15) is 12.8 Å². The highest BCUT2D eigenvalue weighted by Gasteiger charge is 2.02. The molecule has 6 heteroatoms. The molecular formula is C10H14BrN3OS. The summed E-state index contributed by atoms with van der Waals surface area (Å²) in [5.74, 6) is 5.72. The smallest absolute Gasteiger partial charge is 0.233 e. The maximum absolute atomic E-state index is 10.9. The van der Waals surface area contributed by atoms with Crippen LogP contribution in [-0.4, -0.2) is 11.7 Å². The van der Waals surface area contributed by atoms with E-state index in [-0.39, 0.29) is 5.91 Å². The molecule has 5 N–H and O–H groups in total. The number of anilines is 1. The van der Waals surface area contributed by atoms with E-state index in [4.69, 9.17) is 11.6 Å². The number of nitrogen functional groups attached to an aromatic ring is 1. The van der Waals surface area contributed by atoms with Crippen LogP contribution < -0.4 is 17.0 Å². The van der Waals surface area contributed by atoms with Crippen molar-refractivity contribution in [1.29, 1.82) is 0 Å². The van der Waals surface area contributed by atoms with Crippen molar-refractivity contribution in [2.45, 2.75) is 17.7 Å². The van der Waals surface area contributed by atoms with Crippen LogP contribution in [-0.2, 0) is 4.79 Å². The van der Waals surface area contributed by atoms with Crippen LogP contribution in [0.3, 0.4) is 0 Å². The first-order chi connectivity index (χ1) is 7.63. The van der Waals surface area contributed by atoms with E-state index in [0.29, 0.717) is 6.42 Å². The molecule has 1 aromatic rings. The van der Waals surface area contributed by atoms with Gasteiger partial charge in [0, 0.05) is 21.5 Å². The predicted octanol–water partition coefficient (Wildman–Crippen LogP) is 1.89. The zero-order valence-corrected chi connectivity index (χ0v) is 11.1. The highest BCUT2D eigenvalue weighted by Crippen LogP contribution is 2.29. The Hall–Kier alpha value is -0.720. The summed E-state index contributed by atoms with van der Waals surface area (Å²) < 4.78 is 0.987. The van der Waals surface area contributed by atoms with Gasteiger partial charge in [-0.05, 0) is 46.3 Å². The number of carbonyl (C=O) groups excluding carboxylic acids is 1. The van der Waals surface area contributed by atoms with Gasteiger partial charge < -0.3 is 5.73 Å². The van der Waals surface area contributed by atoms with Crippen molar-refractivity contribution >= 4 is 39.3 Å². The van der Waals surface area contributed by atoms with Gasteiger partial charge in [-0.2, -0.15) is 0 Å². The molecule has 0 heterocycles. The maximum Gasteiger partial charge on any atom is 0.233 e. The zero-order chi connectivity index (χ0) is 12.0. The Labute approximate surface area is 107 Å². The summed E-state index contributed by atoms with van der Waals surface area (Å²) in [6.07, 6.45) is 1.25. The number of amides is 1. The Bertz CT molecular complexity index is 373. The van der Waals surface area contributed by atoms with E-state index in [2.05, 4.69) is 21.4 Å². The third-order valence-corrected chi connectivity index (χ3v) is 4.00. The van der Waals surface area contributed by atoms with Gasteiger partial charge in [0.1, 0.15) is 0 Å². The molecule has 0 fully saturated rings. The highest BCUT2D eigenvalue weighted by atomic mass is 79.9. The molecule has 0 saturated heterocycles. The summed E-state index contributed by atoms with van der Waals surface area (Å²) in [4.78, 5) is 12.0. The van der Waals surface area contributed by atoms with Gasteiger partial charge in [-0.1, -0.05) is 0 Å². The molecule has 0 atom stereocenters. The van der Waals surface area contributed by atoms with E-state index in [1.807, 2.05) is 18.2 Å². The number of nitrogens with one attached hydrogen (secondary N) is 1. The minimum Gasteiger partial charge on any atom is -0.399 e. The van der Waals surface area contributed by atoms with Crippen LogP contribution in [0.15, 0.2) is 27.6 Å². The van der Waals surface area contributed by atoms with Crippen molar-refractivity contribution in [3.63, 3.8) is 0 Å². The topological polar surface area (TPSA) is 81.1 Å². The molecule has 1 rings (SSSR count). The minimum atomic E-state index is -0.128. The van der Waals surface area contributed by atoms with Crippen molar-refractivity contribution in [1.82, 2.24) is 5.43 Å². The molecule has 88 valence electrons. The lowest BCUT2D eigenvalue weighted by Gasteiger charge is -2.05. The fourth-order valence-electron chi connectivity index (χ4n) is 1.12. The summed E-state index contributed by atoms with van der Waals surface area (Å²) in [6, 6.07) is 5.70. The maximum atomic E-state index is 10.9. The van der Waals surface area contributed by atoms with Crippen molar-refractivity contribution < 1.29 is 4.79 Å². The number of benzene rings is 1. The van der Waals surface area contributed by atoms with Crippen LogP contribution in [0, 0.1) is 0 Å². The Morgan fingerprint density at radius 2 is 2.25 bits per heavy atom. The Morgan fingerprint density at radius 3 is 2.88 bits per heavy atom. The monoisotopic (exact) mass is 303 g/mol. The molecule has 0 unspecified atom stereocenters. The van der Waals surface area contributed by atoms with Crippen LogP contribution in [0.25, 0.3) is 0 Å². The van der Waals surface area contributed by atoms with Gasteiger partial charge in [-0.25, -0.2) is 5.84 Å². The van der Waals surface area contributed by atoms with Gasteiger partial charge >= 0.3 is 0 Å². The first kappa shape index (κ1) is 13.3. The van der Waals surface area contributed by atoms with E-state index in [1.54, 1.807) is 11.8 Å². The van der Waals surface area contributed by atoms with Crippen molar-refractivity contribution in [2.24, 2.45) is 5.84 Å². The number of halogens is 1. The van der Waals surface area contributed by atoms with Crippen molar-refractivity contribution in [3.05, 3.63) is 22.7 Å². The summed E-state index contributed by atoms with van der Waals surface area (Å²) in [6.45, 7) is 0. The summed E-state index contributed by atoms with van der Waals surface area (Å²) in [5, 5.41) is 0. The summed E-state index contributed by atoms with van der Waals surface area (Å²) >= 11 is 5.13. The molecule has 1 aromatic carbocycles. The lowest BCUT2D eigenvalue weighted by Crippen LogP contribution is -2.29. The summed E-state index contributed by atoms with van der Waals surface area (Å²) in [7, 11) is 0. The van der Waals surface area contributed by atoms with Gasteiger partial charge in [-0.3, -0.25) is 10.2 Å². The molecule has 0 aliphatic heterocycles. The predicted molar refractivity (Wildman–Crippen MR) is 70.8 cm³/mol. The quantitative estimate of drug-likeness (QED) is 0.194. The van der Waals surface area contributed by atoms with Gasteiger partial charge in [0.25, 0.3) is 0 Å². The van der Waals surface area contributed by atoms with Gasteiger partial charge in [0.05, 0.1) is 0 Å². The molecule has 0 aliphatic rings. The van der Waals surface area contributed by atoms with Crippen LogP contribution >= 0.6 is 27.7 Å². The number of rotatable bonds is 5. The summed E-state index contributed by atoms with van der Waals surface area (Å²) in [5.41, 5.74) is 8.48. The molecule has 0 aromatic heterocycles. The largest absolute Gasteiger partial charge is 0.399 e. The number of nitrogens with two attached hydrogens (primary N) is 2. The molecular weight excluding hydrogens is 290 g/mol. The minimum absolute atomic E-state index is 0.128. The fourth-order valence-corrected chi connectivity index (χ4v) is 2.73. The molecule has 0 bridgehead atoms. The van der Waals surface area contributed by atoms with Crippen molar-refractivity contribution in [3.8, 4) is 0 Å². The fraction of sp³-hybridized carbons (Fsp3) is 0.300. The number of hydrogen-bond acceptors (Lipinski definition) is 4. The first-order valence-corrected chi connectivity index (χ1v) is 6.58. The number of carbonyl (C=O) groups is 1. The second-order valence-electron chi connectivity index (χ2n) is 3.21. The van der Waals surface area contributed by atoms with Crippen molar-refractivity contribution in [2.75, 3.05) is 11.5 Å². The van der Waals surface area contributed by atoms with Gasteiger partial charge in [0.15, 0.2) is 0 Å². The van der Waals surface area contributed by atoms with Crippen LogP contribution in [0.2, 0.25) is 0 Å². The zero-order valence-electron chi connectivity index (χ0n) is 8.70. The normalized spacial score (nSPS) is 10.1. The first-order valence-electron chi connectivity index (χ1n) is 4.80. The highest BCUT2D eigenvalue weighted by molar-refractivity contribution is 9.10. The number of hydrogen-bond donors (Lipinski definition) is 3. The third kappa shape index (κ3) is 4.42. The van der Waals surface area contributed by atoms with E-state index in [9.17, 15) is 4.79 Å². The van der Waals surface area contributed by atoms with Crippen LogP contribution in [0.5, 0.6) is 0 Å². The number of thioether (sulfide) groups is 1. The average Bonchev–Trinajstić information content (AvgIpc) is 2.26. The Morgan fingerprint density at radius 1 is 1.50 bits per heavy atom. The lowest BCUT2D eigenvalue weighted by molar-refractivity contribution is -0.121. The van der Waals surface area contributed by atoms with Gasteiger partial charge in [0.2, 0.25) is 5.91 Å². The average molecular weight is 304 g/mol. The molecule has 0 spiro atoms. The van der Waals surface area contributed by atoms with E-state index < -0.39 is 0 Å². The molecule has 0 saturated carbocycles. The molecule has 0 aliphatic carbocycles. The third-order valence-electron chi connectivity index (χ3n) is 1.92. The van der Waals surface area contributed by atoms with E-state index in [1.165, 1.54) is 0 Å². The number of hydrazine groups is 1. The van der Waals surface area contributed by atoms with Crippen LogP contribution in [0.4, 0.5) is 5.69 Å². The molecule has 4 nitrogen and oxygen atoms in total. The second kappa shape index (κ2) is 6.78. The van der Waals surface area contributed by atoms with E-state index >= 15 is 0 Å². The Balaban J connectivity index is 2.35. The van der Waals surface area contributed by atoms with E-state index in [0.717, 1.165) is 27.2 Å². The second-order valence-corrected chi connectivity index (χ2v) is 5.20. The van der Waals surface area contributed by atoms with Gasteiger partial charge in [-0.15, -0.1) is 11.8 Å². The SMILES string of the molecule is NNC(=O)CCCSc1ccc(N)cc1Br. The molecule has 0 radical (unpaired) electrons. The lowest BCUT2D eigenvalue weighted by atomic mass is 10.3. The molecule has 16 heavy (non-hydrogen) atoms. The standard InChI is InChI=1S/C10H14BrN3OS/c11-8-6-7(12)3-4-9(8)16-5-1-2-10(15)14-13/h3-4,6H,1-2,5,12-13H2,(H,14,15). The Kier molecular flexibility index (Phi) is 5.65.